The predicted molar refractivity (Wildman–Crippen MR) is 107 cm³/mol. The van der Waals surface area contributed by atoms with E-state index in [0.717, 1.165) is 21.0 Å². The van der Waals surface area contributed by atoms with Crippen molar-refractivity contribution >= 4 is 39.2 Å². The van der Waals surface area contributed by atoms with Crippen LogP contribution < -0.4 is 10.1 Å². The quantitative estimate of drug-likeness (QED) is 0.378. The van der Waals surface area contributed by atoms with Crippen LogP contribution in [-0.4, -0.2) is 34.8 Å². The molecule has 2 aromatic heterocycles. The number of carbonyl (C=O) groups excluding carboxylic acids is 1. The number of hydrogen-bond acceptors (Lipinski definition) is 6. The van der Waals surface area contributed by atoms with Gasteiger partial charge in [-0.3, -0.25) is 4.79 Å². The lowest BCUT2D eigenvalue weighted by molar-refractivity contribution is -0.118. The number of amides is 1. The number of aryl methyl sites for hydroxylation is 3. The number of carbonyl (C=O) groups is 1. The van der Waals surface area contributed by atoms with Crippen molar-refractivity contribution < 1.29 is 9.53 Å². The average molecular weight is 388 g/mol. The summed E-state index contributed by atoms with van der Waals surface area (Å²) in [5.74, 6) is 1.11. The van der Waals surface area contributed by atoms with Crippen molar-refractivity contribution in [3.05, 3.63) is 46.6 Å². The third-order valence-corrected chi connectivity index (χ3v) is 6.09. The molecule has 0 aliphatic carbocycles. The van der Waals surface area contributed by atoms with E-state index in [9.17, 15) is 4.79 Å². The lowest BCUT2D eigenvalue weighted by Crippen LogP contribution is -2.29. The van der Waals surface area contributed by atoms with Gasteiger partial charge in [0.05, 0.1) is 12.3 Å². The third-order valence-electron chi connectivity index (χ3n) is 3.98. The Bertz CT molecular complexity index is 907. The van der Waals surface area contributed by atoms with Gasteiger partial charge in [-0.15, -0.1) is 11.3 Å². The first-order valence-corrected chi connectivity index (χ1v) is 10.1. The summed E-state index contributed by atoms with van der Waals surface area (Å²) < 4.78 is 5.61. The van der Waals surface area contributed by atoms with Crippen LogP contribution >= 0.6 is 23.1 Å². The summed E-state index contributed by atoms with van der Waals surface area (Å²) in [6.45, 7) is 7.11. The molecule has 0 saturated heterocycles. The Morgan fingerprint density at radius 1 is 1.19 bits per heavy atom. The minimum atomic E-state index is -0.0288. The number of nitrogens with one attached hydrogen (secondary N) is 1. The zero-order valence-corrected chi connectivity index (χ0v) is 16.7. The van der Waals surface area contributed by atoms with Crippen LogP contribution in [0.1, 0.15) is 16.0 Å². The minimum Gasteiger partial charge on any atom is -0.492 e. The summed E-state index contributed by atoms with van der Waals surface area (Å²) in [4.78, 5) is 23.0. The normalized spacial score (nSPS) is 10.9. The van der Waals surface area contributed by atoms with E-state index in [1.807, 2.05) is 31.2 Å². The largest absolute Gasteiger partial charge is 0.492 e. The second-order valence-electron chi connectivity index (χ2n) is 5.94. The Balaban J connectivity index is 1.46. The van der Waals surface area contributed by atoms with Crippen molar-refractivity contribution in [2.45, 2.75) is 25.8 Å². The summed E-state index contributed by atoms with van der Waals surface area (Å²) in [6.07, 6.45) is 1.56. The van der Waals surface area contributed by atoms with Gasteiger partial charge in [0.1, 0.15) is 28.5 Å². The molecule has 0 unspecified atom stereocenters. The highest BCUT2D eigenvalue weighted by Gasteiger charge is 2.13. The number of ether oxygens (including phenoxy) is 1. The number of aromatic nitrogens is 2. The molecule has 3 aromatic rings. The number of thiophene rings is 1. The molecule has 0 saturated carbocycles. The maximum absolute atomic E-state index is 12.1. The van der Waals surface area contributed by atoms with Gasteiger partial charge in [0.15, 0.2) is 0 Å². The molecular weight excluding hydrogens is 366 g/mol. The van der Waals surface area contributed by atoms with Crippen LogP contribution in [0.3, 0.4) is 0 Å². The lowest BCUT2D eigenvalue weighted by Gasteiger charge is -2.08. The fraction of sp³-hybridized carbons (Fsp3) is 0.316. The number of nitrogens with zero attached hydrogens (tertiary/aromatic N) is 2. The molecule has 0 aliphatic heterocycles. The van der Waals surface area contributed by atoms with Crippen molar-refractivity contribution in [3.8, 4) is 5.75 Å². The molecule has 3 rings (SSSR count). The zero-order chi connectivity index (χ0) is 18.5. The summed E-state index contributed by atoms with van der Waals surface area (Å²) in [7, 11) is 0. The van der Waals surface area contributed by atoms with E-state index in [1.165, 1.54) is 27.8 Å². The Hall–Kier alpha value is -2.12. The molecule has 136 valence electrons. The monoisotopic (exact) mass is 387 g/mol. The number of fused-ring (bicyclic) bond motifs is 1. The lowest BCUT2D eigenvalue weighted by atomic mass is 10.2. The van der Waals surface area contributed by atoms with E-state index < -0.39 is 0 Å². The molecule has 26 heavy (non-hydrogen) atoms. The van der Waals surface area contributed by atoms with Crippen LogP contribution in [0.25, 0.3) is 10.2 Å². The molecule has 2 heterocycles. The van der Waals surface area contributed by atoms with Gasteiger partial charge in [0, 0.05) is 10.3 Å². The van der Waals surface area contributed by atoms with Gasteiger partial charge in [-0.1, -0.05) is 29.5 Å². The molecule has 0 atom stereocenters. The summed E-state index contributed by atoms with van der Waals surface area (Å²) in [5.41, 5.74) is 2.39. The Morgan fingerprint density at radius 2 is 1.96 bits per heavy atom. The van der Waals surface area contributed by atoms with Gasteiger partial charge in [0.2, 0.25) is 5.91 Å². The molecule has 0 spiro atoms. The fourth-order valence-electron chi connectivity index (χ4n) is 2.44. The van der Waals surface area contributed by atoms with Crippen LogP contribution in [0.2, 0.25) is 0 Å². The van der Waals surface area contributed by atoms with Crippen molar-refractivity contribution in [3.63, 3.8) is 0 Å². The van der Waals surface area contributed by atoms with Gasteiger partial charge in [-0.2, -0.15) is 0 Å². The highest BCUT2D eigenvalue weighted by atomic mass is 32.2. The van der Waals surface area contributed by atoms with Gasteiger partial charge in [-0.05, 0) is 38.5 Å². The Labute approximate surface area is 161 Å². The van der Waals surface area contributed by atoms with Crippen molar-refractivity contribution in [1.29, 1.82) is 0 Å². The van der Waals surface area contributed by atoms with E-state index in [2.05, 4.69) is 29.1 Å². The molecule has 1 aromatic carbocycles. The molecule has 0 radical (unpaired) electrons. The van der Waals surface area contributed by atoms with Crippen LogP contribution in [0, 0.1) is 20.8 Å². The maximum Gasteiger partial charge on any atom is 0.230 e. The molecular formula is C19H21N3O2S2. The summed E-state index contributed by atoms with van der Waals surface area (Å²) in [6, 6.07) is 7.86. The first-order chi connectivity index (χ1) is 12.5. The van der Waals surface area contributed by atoms with Crippen LogP contribution in [0.5, 0.6) is 5.75 Å². The van der Waals surface area contributed by atoms with Crippen LogP contribution in [0.15, 0.2) is 35.6 Å². The van der Waals surface area contributed by atoms with Crippen molar-refractivity contribution in [2.75, 3.05) is 18.9 Å². The van der Waals surface area contributed by atoms with E-state index >= 15 is 0 Å². The van der Waals surface area contributed by atoms with Crippen molar-refractivity contribution in [1.82, 2.24) is 15.3 Å². The topological polar surface area (TPSA) is 64.1 Å². The molecule has 1 N–H and O–H groups in total. The van der Waals surface area contributed by atoms with Crippen molar-refractivity contribution in [2.24, 2.45) is 0 Å². The van der Waals surface area contributed by atoms with E-state index in [0.29, 0.717) is 18.9 Å². The Morgan fingerprint density at radius 3 is 2.73 bits per heavy atom. The van der Waals surface area contributed by atoms with E-state index in [1.54, 1.807) is 17.7 Å². The second kappa shape index (κ2) is 8.51. The minimum absolute atomic E-state index is 0.0288. The highest BCUT2D eigenvalue weighted by Crippen LogP contribution is 2.34. The van der Waals surface area contributed by atoms with Crippen LogP contribution in [0.4, 0.5) is 0 Å². The van der Waals surface area contributed by atoms with E-state index in [4.69, 9.17) is 4.74 Å². The molecule has 5 nitrogen and oxygen atoms in total. The Kier molecular flexibility index (Phi) is 6.11. The third kappa shape index (κ3) is 4.53. The smallest absolute Gasteiger partial charge is 0.230 e. The summed E-state index contributed by atoms with van der Waals surface area (Å²) in [5, 5.41) is 4.81. The van der Waals surface area contributed by atoms with Gasteiger partial charge in [-0.25, -0.2) is 9.97 Å². The molecule has 7 heteroatoms. The zero-order valence-electron chi connectivity index (χ0n) is 15.0. The van der Waals surface area contributed by atoms with Gasteiger partial charge < -0.3 is 10.1 Å². The molecule has 0 bridgehead atoms. The van der Waals surface area contributed by atoms with Gasteiger partial charge >= 0.3 is 0 Å². The summed E-state index contributed by atoms with van der Waals surface area (Å²) >= 11 is 3.11. The first-order valence-electron chi connectivity index (χ1n) is 8.34. The van der Waals surface area contributed by atoms with Gasteiger partial charge in [0.25, 0.3) is 0 Å². The predicted octanol–water partition coefficient (Wildman–Crippen LogP) is 3.90. The van der Waals surface area contributed by atoms with E-state index in [-0.39, 0.29) is 5.91 Å². The fourth-order valence-corrected chi connectivity index (χ4v) is 4.39. The highest BCUT2D eigenvalue weighted by molar-refractivity contribution is 8.00. The number of benzene rings is 1. The standard InChI is InChI=1S/C19H21N3O2S2/c1-12-4-6-15(7-5-12)24-9-8-20-16(23)10-25-18-17-13(2)14(3)26-19(17)22-11-21-18/h4-7,11H,8-10H2,1-3H3,(H,20,23). The molecule has 0 fully saturated rings. The average Bonchev–Trinajstić information content (AvgIpc) is 2.93. The molecule has 0 aliphatic rings. The maximum atomic E-state index is 12.1. The molecule has 1 amide bonds. The SMILES string of the molecule is Cc1ccc(OCCNC(=O)CSc2ncnc3sc(C)c(C)c23)cc1. The number of rotatable bonds is 7. The number of hydrogen-bond donors (Lipinski definition) is 1. The number of thioether (sulfide) groups is 1. The van der Waals surface area contributed by atoms with Crippen LogP contribution in [-0.2, 0) is 4.79 Å². The second-order valence-corrected chi connectivity index (χ2v) is 8.11. The first kappa shape index (κ1) is 18.7.